The molecular formula is C12H20N4O2. The number of methoxy groups -OCH3 is 1. The molecule has 1 aromatic heterocycles. The van der Waals surface area contributed by atoms with Gasteiger partial charge in [-0.1, -0.05) is 0 Å². The van der Waals surface area contributed by atoms with Gasteiger partial charge in [-0.05, 0) is 6.54 Å². The highest BCUT2D eigenvalue weighted by Crippen LogP contribution is 2.36. The van der Waals surface area contributed by atoms with Crippen LogP contribution in [0.1, 0.15) is 18.0 Å². The molecule has 2 heterocycles. The van der Waals surface area contributed by atoms with E-state index in [0.717, 1.165) is 5.56 Å². The maximum absolute atomic E-state index is 12.0. The molecule has 18 heavy (non-hydrogen) atoms. The minimum atomic E-state index is 0.0337. The highest BCUT2D eigenvalue weighted by Gasteiger charge is 2.40. The van der Waals surface area contributed by atoms with Crippen LogP contribution >= 0.6 is 0 Å². The number of hydrogen-bond acceptors (Lipinski definition) is 4. The molecular weight excluding hydrogens is 232 g/mol. The molecule has 6 heteroatoms. The van der Waals surface area contributed by atoms with Crippen molar-refractivity contribution >= 4 is 5.91 Å². The van der Waals surface area contributed by atoms with E-state index in [-0.39, 0.29) is 17.9 Å². The van der Waals surface area contributed by atoms with Crippen LogP contribution in [0.2, 0.25) is 0 Å². The lowest BCUT2D eigenvalue weighted by atomic mass is 9.96. The molecule has 1 aliphatic rings. The van der Waals surface area contributed by atoms with Crippen molar-refractivity contribution in [1.29, 1.82) is 0 Å². The molecule has 6 nitrogen and oxygen atoms in total. The maximum Gasteiger partial charge on any atom is 0.223 e. The number of nitrogens with two attached hydrogens (primary N) is 1. The number of hydrogen-bond donors (Lipinski definition) is 1. The summed E-state index contributed by atoms with van der Waals surface area (Å²) in [7, 11) is 3.51. The summed E-state index contributed by atoms with van der Waals surface area (Å²) < 4.78 is 6.81. The molecule has 2 N–H and O–H groups in total. The molecule has 2 atom stereocenters. The summed E-state index contributed by atoms with van der Waals surface area (Å²) in [6.45, 7) is 1.65. The molecule has 0 spiro atoms. The number of rotatable bonds is 5. The van der Waals surface area contributed by atoms with E-state index < -0.39 is 0 Å². The van der Waals surface area contributed by atoms with Gasteiger partial charge < -0.3 is 15.4 Å². The van der Waals surface area contributed by atoms with Gasteiger partial charge in [-0.15, -0.1) is 0 Å². The first-order valence-corrected chi connectivity index (χ1v) is 6.14. The Morgan fingerprint density at radius 2 is 2.39 bits per heavy atom. The quantitative estimate of drug-likeness (QED) is 0.795. The lowest BCUT2D eigenvalue weighted by Gasteiger charge is -2.26. The number of ether oxygens (including phenoxy) is 1. The first-order valence-electron chi connectivity index (χ1n) is 6.14. The molecule has 0 aliphatic carbocycles. The number of carbonyl (C=O) groups is 1. The zero-order chi connectivity index (χ0) is 13.1. The normalized spacial score (nSPS) is 23.9. The number of aryl methyl sites for hydroxylation is 1. The highest BCUT2D eigenvalue weighted by molar-refractivity contribution is 5.79. The summed E-state index contributed by atoms with van der Waals surface area (Å²) in [4.78, 5) is 13.9. The van der Waals surface area contributed by atoms with E-state index in [4.69, 9.17) is 10.5 Å². The first kappa shape index (κ1) is 13.0. The molecule has 2 rings (SSSR count). The van der Waals surface area contributed by atoms with Gasteiger partial charge >= 0.3 is 0 Å². The molecule has 0 saturated carbocycles. The molecule has 0 radical (unpaired) electrons. The fraction of sp³-hybridized carbons (Fsp3) is 0.667. The van der Waals surface area contributed by atoms with Crippen LogP contribution in [0.5, 0.6) is 0 Å². The largest absolute Gasteiger partial charge is 0.383 e. The van der Waals surface area contributed by atoms with Crippen LogP contribution in [-0.4, -0.2) is 47.4 Å². The van der Waals surface area contributed by atoms with Gasteiger partial charge in [0.1, 0.15) is 0 Å². The van der Waals surface area contributed by atoms with Crippen LogP contribution in [0.3, 0.4) is 0 Å². The van der Waals surface area contributed by atoms with Crippen molar-refractivity contribution in [1.82, 2.24) is 14.7 Å². The Balaban J connectivity index is 2.22. The van der Waals surface area contributed by atoms with Gasteiger partial charge in [0.25, 0.3) is 0 Å². The second kappa shape index (κ2) is 5.49. The second-order valence-corrected chi connectivity index (χ2v) is 4.67. The molecule has 1 aromatic rings. The predicted octanol–water partition coefficient (Wildman–Crippen LogP) is -0.0852. The van der Waals surface area contributed by atoms with Crippen molar-refractivity contribution in [3.63, 3.8) is 0 Å². The molecule has 1 aliphatic heterocycles. The minimum absolute atomic E-state index is 0.0337. The monoisotopic (exact) mass is 252 g/mol. The topological polar surface area (TPSA) is 73.4 Å². The summed E-state index contributed by atoms with van der Waals surface area (Å²) in [5.74, 6) is 0.315. The summed E-state index contributed by atoms with van der Waals surface area (Å²) in [5, 5.41) is 4.18. The number of carbonyl (C=O) groups excluding carboxylic acids is 1. The fourth-order valence-electron chi connectivity index (χ4n) is 2.57. The van der Waals surface area contributed by atoms with Crippen LogP contribution in [0.4, 0.5) is 0 Å². The van der Waals surface area contributed by atoms with Gasteiger partial charge in [0.15, 0.2) is 0 Å². The van der Waals surface area contributed by atoms with Crippen LogP contribution in [0, 0.1) is 5.92 Å². The Bertz CT molecular complexity index is 418. The van der Waals surface area contributed by atoms with Gasteiger partial charge in [0.05, 0.1) is 18.8 Å². The third kappa shape index (κ3) is 2.39. The van der Waals surface area contributed by atoms with E-state index in [9.17, 15) is 4.79 Å². The lowest BCUT2D eigenvalue weighted by Crippen LogP contribution is -2.33. The van der Waals surface area contributed by atoms with Crippen molar-refractivity contribution in [2.24, 2.45) is 18.7 Å². The average molecular weight is 252 g/mol. The van der Waals surface area contributed by atoms with E-state index >= 15 is 0 Å². The van der Waals surface area contributed by atoms with Gasteiger partial charge in [0, 0.05) is 44.8 Å². The van der Waals surface area contributed by atoms with Crippen LogP contribution in [-0.2, 0) is 16.6 Å². The van der Waals surface area contributed by atoms with E-state index in [1.165, 1.54) is 0 Å². The standard InChI is InChI=1S/C12H20N4O2/c1-15-8-10(7-14-15)12-9(6-13)5-11(17)16(12)3-4-18-2/h7-9,12H,3-6,13H2,1-2H3/t9-,12+/m0/s1. The smallest absolute Gasteiger partial charge is 0.223 e. The van der Waals surface area contributed by atoms with Crippen molar-refractivity contribution in [3.05, 3.63) is 18.0 Å². The van der Waals surface area contributed by atoms with Crippen LogP contribution < -0.4 is 5.73 Å². The van der Waals surface area contributed by atoms with Gasteiger partial charge in [0.2, 0.25) is 5.91 Å². The van der Waals surface area contributed by atoms with Crippen molar-refractivity contribution in [2.45, 2.75) is 12.5 Å². The Kier molecular flexibility index (Phi) is 3.98. The Morgan fingerprint density at radius 3 is 2.94 bits per heavy atom. The fourth-order valence-corrected chi connectivity index (χ4v) is 2.57. The first-order chi connectivity index (χ1) is 8.67. The Hall–Kier alpha value is -1.40. The van der Waals surface area contributed by atoms with Crippen LogP contribution in [0.15, 0.2) is 12.4 Å². The summed E-state index contributed by atoms with van der Waals surface area (Å²) >= 11 is 0. The van der Waals surface area contributed by atoms with Crippen LogP contribution in [0.25, 0.3) is 0 Å². The molecule has 1 fully saturated rings. The third-order valence-electron chi connectivity index (χ3n) is 3.44. The summed E-state index contributed by atoms with van der Waals surface area (Å²) in [6.07, 6.45) is 4.28. The molecule has 0 unspecified atom stereocenters. The molecule has 0 aromatic carbocycles. The zero-order valence-electron chi connectivity index (χ0n) is 10.9. The van der Waals surface area contributed by atoms with Gasteiger partial charge in [-0.3, -0.25) is 9.48 Å². The van der Waals surface area contributed by atoms with Crippen molar-refractivity contribution in [3.8, 4) is 0 Å². The van der Waals surface area contributed by atoms with Gasteiger partial charge in [-0.25, -0.2) is 0 Å². The Morgan fingerprint density at radius 1 is 1.61 bits per heavy atom. The molecule has 1 saturated heterocycles. The second-order valence-electron chi connectivity index (χ2n) is 4.67. The predicted molar refractivity (Wildman–Crippen MR) is 66.7 cm³/mol. The molecule has 100 valence electrons. The van der Waals surface area contributed by atoms with E-state index in [1.54, 1.807) is 11.8 Å². The van der Waals surface area contributed by atoms with E-state index in [2.05, 4.69) is 5.10 Å². The number of aromatic nitrogens is 2. The molecule has 0 bridgehead atoms. The van der Waals surface area contributed by atoms with E-state index in [0.29, 0.717) is 26.1 Å². The minimum Gasteiger partial charge on any atom is -0.383 e. The highest BCUT2D eigenvalue weighted by atomic mass is 16.5. The summed E-state index contributed by atoms with van der Waals surface area (Å²) in [5.41, 5.74) is 6.83. The third-order valence-corrected chi connectivity index (χ3v) is 3.44. The lowest BCUT2D eigenvalue weighted by molar-refractivity contribution is -0.129. The van der Waals surface area contributed by atoms with Crippen molar-refractivity contribution < 1.29 is 9.53 Å². The average Bonchev–Trinajstić information content (AvgIpc) is 2.90. The number of nitrogens with zero attached hydrogens (tertiary/aromatic N) is 3. The number of likely N-dealkylation sites (tertiary alicyclic amines) is 1. The molecule has 1 amide bonds. The van der Waals surface area contributed by atoms with Gasteiger partial charge in [-0.2, -0.15) is 5.10 Å². The number of amides is 1. The zero-order valence-corrected chi connectivity index (χ0v) is 10.9. The summed E-state index contributed by atoms with van der Waals surface area (Å²) in [6, 6.07) is 0.0337. The van der Waals surface area contributed by atoms with E-state index in [1.807, 2.05) is 24.3 Å². The SMILES string of the molecule is COCCN1C(=O)C[C@@H](CN)[C@@H]1c1cnn(C)c1. The maximum atomic E-state index is 12.0. The van der Waals surface area contributed by atoms with Crippen molar-refractivity contribution in [2.75, 3.05) is 26.8 Å². The Labute approximate surface area is 107 Å².